The maximum absolute atomic E-state index is 5.55. The summed E-state index contributed by atoms with van der Waals surface area (Å²) in [4.78, 5) is 0. The van der Waals surface area contributed by atoms with Crippen molar-refractivity contribution in [2.75, 3.05) is 11.9 Å². The second kappa shape index (κ2) is 7.47. The van der Waals surface area contributed by atoms with E-state index in [0.29, 0.717) is 12.5 Å². The van der Waals surface area contributed by atoms with Crippen molar-refractivity contribution in [3.05, 3.63) is 29.8 Å². The number of hydrogen-bond acceptors (Lipinski definition) is 5. The minimum atomic E-state index is 0.693. The number of anilines is 1. The van der Waals surface area contributed by atoms with Gasteiger partial charge >= 0.3 is 0 Å². The Morgan fingerprint density at radius 1 is 1.15 bits per heavy atom. The molecular formula is C14H21N5O. The van der Waals surface area contributed by atoms with Crippen molar-refractivity contribution in [1.29, 1.82) is 0 Å². The summed E-state index contributed by atoms with van der Waals surface area (Å²) in [6, 6.07) is 8.07. The third kappa shape index (κ3) is 3.94. The van der Waals surface area contributed by atoms with Crippen molar-refractivity contribution in [2.24, 2.45) is 0 Å². The molecule has 0 aliphatic heterocycles. The van der Waals surface area contributed by atoms with E-state index in [-0.39, 0.29) is 0 Å². The van der Waals surface area contributed by atoms with Gasteiger partial charge in [0.05, 0.1) is 6.61 Å². The van der Waals surface area contributed by atoms with Crippen LogP contribution in [0.25, 0.3) is 0 Å². The molecule has 0 saturated heterocycles. The summed E-state index contributed by atoms with van der Waals surface area (Å²) in [7, 11) is 0. The van der Waals surface area contributed by atoms with Crippen molar-refractivity contribution in [3.8, 4) is 5.75 Å². The smallest absolute Gasteiger partial charge is 0.243 e. The normalized spacial score (nSPS) is 10.5. The molecule has 0 amide bonds. The van der Waals surface area contributed by atoms with Crippen LogP contribution in [0.2, 0.25) is 0 Å². The van der Waals surface area contributed by atoms with E-state index in [1.54, 1.807) is 4.68 Å². The molecule has 1 N–H and O–H groups in total. The predicted octanol–water partition coefficient (Wildman–Crippen LogP) is 2.48. The number of benzene rings is 1. The first kappa shape index (κ1) is 14.3. The molecule has 6 heteroatoms. The van der Waals surface area contributed by atoms with Crippen molar-refractivity contribution >= 4 is 5.95 Å². The Kier molecular flexibility index (Phi) is 5.34. The molecule has 1 heterocycles. The molecule has 0 atom stereocenters. The molecule has 1 aromatic carbocycles. The average Bonchev–Trinajstić information content (AvgIpc) is 2.92. The number of aromatic nitrogens is 4. The summed E-state index contributed by atoms with van der Waals surface area (Å²) < 4.78 is 7.33. The number of ether oxygens (including phenoxy) is 1. The first-order chi connectivity index (χ1) is 9.83. The lowest BCUT2D eigenvalue weighted by Crippen LogP contribution is -2.08. The van der Waals surface area contributed by atoms with Gasteiger partial charge in [-0.3, -0.25) is 0 Å². The van der Waals surface area contributed by atoms with Crippen LogP contribution in [0.1, 0.15) is 32.3 Å². The first-order valence-electron chi connectivity index (χ1n) is 7.05. The highest BCUT2D eigenvalue weighted by Crippen LogP contribution is 2.13. The Morgan fingerprint density at radius 3 is 2.65 bits per heavy atom. The quantitative estimate of drug-likeness (QED) is 0.801. The largest absolute Gasteiger partial charge is 0.494 e. The lowest BCUT2D eigenvalue weighted by atomic mass is 10.2. The Hall–Kier alpha value is -2.11. The molecular weight excluding hydrogens is 254 g/mol. The lowest BCUT2D eigenvalue weighted by Gasteiger charge is -2.08. The SMILES string of the molecule is CCCOc1ccc(CNc2nnnn2CCC)cc1. The third-order valence-electron chi connectivity index (χ3n) is 2.81. The molecule has 0 unspecified atom stereocenters. The van der Waals surface area contributed by atoms with Crippen molar-refractivity contribution in [1.82, 2.24) is 20.2 Å². The highest BCUT2D eigenvalue weighted by Gasteiger charge is 2.04. The van der Waals surface area contributed by atoms with Crippen molar-refractivity contribution < 1.29 is 4.74 Å². The number of rotatable bonds is 8. The minimum absolute atomic E-state index is 0.693. The molecule has 20 heavy (non-hydrogen) atoms. The van der Waals surface area contributed by atoms with Gasteiger partial charge in [-0.15, -0.1) is 0 Å². The highest BCUT2D eigenvalue weighted by atomic mass is 16.5. The van der Waals surface area contributed by atoms with E-state index in [0.717, 1.165) is 31.7 Å². The summed E-state index contributed by atoms with van der Waals surface area (Å²) >= 11 is 0. The van der Waals surface area contributed by atoms with Crippen LogP contribution < -0.4 is 10.1 Å². The van der Waals surface area contributed by atoms with Gasteiger partial charge in [0.1, 0.15) is 5.75 Å². The van der Waals surface area contributed by atoms with E-state index in [1.165, 1.54) is 5.56 Å². The molecule has 0 aliphatic carbocycles. The summed E-state index contributed by atoms with van der Waals surface area (Å²) in [5, 5.41) is 14.8. The highest BCUT2D eigenvalue weighted by molar-refractivity contribution is 5.30. The number of nitrogens with one attached hydrogen (secondary N) is 1. The van der Waals surface area contributed by atoms with Gasteiger partial charge in [-0.05, 0) is 41.0 Å². The predicted molar refractivity (Wildman–Crippen MR) is 77.7 cm³/mol. The number of nitrogens with zero attached hydrogens (tertiary/aromatic N) is 4. The maximum Gasteiger partial charge on any atom is 0.243 e. The molecule has 0 saturated carbocycles. The number of aryl methyl sites for hydroxylation is 1. The van der Waals surface area contributed by atoms with E-state index in [2.05, 4.69) is 34.7 Å². The Morgan fingerprint density at radius 2 is 1.95 bits per heavy atom. The molecule has 6 nitrogen and oxygen atoms in total. The van der Waals surface area contributed by atoms with Crippen molar-refractivity contribution in [3.63, 3.8) is 0 Å². The molecule has 0 bridgehead atoms. The van der Waals surface area contributed by atoms with E-state index >= 15 is 0 Å². The second-order valence-corrected chi connectivity index (χ2v) is 4.57. The molecule has 2 rings (SSSR count). The standard InChI is InChI=1S/C14H21N5O/c1-3-9-19-14(16-17-18-19)15-11-12-5-7-13(8-6-12)20-10-4-2/h5-8H,3-4,9-11H2,1-2H3,(H,15,16,18). The zero-order chi connectivity index (χ0) is 14.2. The van der Waals surface area contributed by atoms with Gasteiger partial charge in [-0.25, -0.2) is 4.68 Å². The number of hydrogen-bond donors (Lipinski definition) is 1. The van der Waals surface area contributed by atoms with E-state index in [1.807, 2.05) is 24.3 Å². The average molecular weight is 275 g/mol. The molecule has 0 radical (unpaired) electrons. The molecule has 1 aromatic heterocycles. The fourth-order valence-electron chi connectivity index (χ4n) is 1.80. The molecule has 0 fully saturated rings. The summed E-state index contributed by atoms with van der Waals surface area (Å²) in [5.41, 5.74) is 1.17. The monoisotopic (exact) mass is 275 g/mol. The Labute approximate surface area is 119 Å². The molecule has 2 aromatic rings. The van der Waals surface area contributed by atoms with Gasteiger partial charge in [-0.2, -0.15) is 0 Å². The van der Waals surface area contributed by atoms with Crippen molar-refractivity contribution in [2.45, 2.75) is 39.8 Å². The van der Waals surface area contributed by atoms with E-state index < -0.39 is 0 Å². The lowest BCUT2D eigenvalue weighted by molar-refractivity contribution is 0.317. The fraction of sp³-hybridized carbons (Fsp3) is 0.500. The maximum atomic E-state index is 5.55. The van der Waals surface area contributed by atoms with Gasteiger partial charge in [0.15, 0.2) is 0 Å². The van der Waals surface area contributed by atoms with Crippen LogP contribution in [0.4, 0.5) is 5.95 Å². The van der Waals surface area contributed by atoms with Gasteiger partial charge in [0, 0.05) is 13.1 Å². The van der Waals surface area contributed by atoms with E-state index in [4.69, 9.17) is 4.74 Å². The molecule has 0 spiro atoms. The van der Waals surface area contributed by atoms with Crippen LogP contribution >= 0.6 is 0 Å². The van der Waals surface area contributed by atoms with Crippen LogP contribution in [0, 0.1) is 0 Å². The summed E-state index contributed by atoms with van der Waals surface area (Å²) in [5.74, 6) is 1.62. The van der Waals surface area contributed by atoms with Crippen LogP contribution in [0.15, 0.2) is 24.3 Å². The van der Waals surface area contributed by atoms with Gasteiger partial charge in [0.2, 0.25) is 5.95 Å². The van der Waals surface area contributed by atoms with Crippen LogP contribution in [-0.2, 0) is 13.1 Å². The Balaban J connectivity index is 1.88. The summed E-state index contributed by atoms with van der Waals surface area (Å²) in [6.07, 6.45) is 2.02. The number of tetrazole rings is 1. The first-order valence-corrected chi connectivity index (χ1v) is 7.05. The van der Waals surface area contributed by atoms with Gasteiger partial charge in [-0.1, -0.05) is 31.1 Å². The van der Waals surface area contributed by atoms with Crippen LogP contribution in [-0.4, -0.2) is 26.8 Å². The zero-order valence-corrected chi connectivity index (χ0v) is 12.0. The third-order valence-corrected chi connectivity index (χ3v) is 2.81. The molecule has 0 aliphatic rings. The topological polar surface area (TPSA) is 64.9 Å². The zero-order valence-electron chi connectivity index (χ0n) is 12.0. The fourth-order valence-corrected chi connectivity index (χ4v) is 1.80. The minimum Gasteiger partial charge on any atom is -0.494 e. The van der Waals surface area contributed by atoms with Crippen LogP contribution in [0.3, 0.4) is 0 Å². The summed E-state index contributed by atoms with van der Waals surface area (Å²) in [6.45, 7) is 6.46. The van der Waals surface area contributed by atoms with Gasteiger partial charge in [0.25, 0.3) is 0 Å². The molecule has 108 valence electrons. The van der Waals surface area contributed by atoms with Crippen LogP contribution in [0.5, 0.6) is 5.75 Å². The second-order valence-electron chi connectivity index (χ2n) is 4.57. The Bertz CT molecular complexity index is 509. The van der Waals surface area contributed by atoms with Gasteiger partial charge < -0.3 is 10.1 Å². The van der Waals surface area contributed by atoms with E-state index in [9.17, 15) is 0 Å².